The molecular weight excluding hydrogens is 388 g/mol. The molecule has 0 fully saturated rings. The molecule has 1 aromatic heterocycles. The predicted octanol–water partition coefficient (Wildman–Crippen LogP) is 4.10. The molecule has 0 bridgehead atoms. The van der Waals surface area contributed by atoms with E-state index < -0.39 is 26.5 Å². The van der Waals surface area contributed by atoms with Crippen LogP contribution in [0.4, 0.5) is 8.78 Å². The number of nitrogens with zero attached hydrogens (tertiary/aromatic N) is 1. The van der Waals surface area contributed by atoms with Crippen molar-refractivity contribution in [2.24, 2.45) is 0 Å². The lowest BCUT2D eigenvalue weighted by molar-refractivity contribution is 0.0736. The second kappa shape index (κ2) is 6.97. The summed E-state index contributed by atoms with van der Waals surface area (Å²) in [5.74, 6) is -4.16. The van der Waals surface area contributed by atoms with Gasteiger partial charge in [-0.05, 0) is 48.5 Å². The van der Waals surface area contributed by atoms with Gasteiger partial charge in [-0.3, -0.25) is 4.98 Å². The molecule has 0 amide bonds. The van der Waals surface area contributed by atoms with E-state index in [9.17, 15) is 22.0 Å². The monoisotopic (exact) mass is 397 g/mol. The van der Waals surface area contributed by atoms with Gasteiger partial charge >= 0.3 is 11.7 Å². The van der Waals surface area contributed by atoms with Crippen molar-refractivity contribution in [3.8, 4) is 5.75 Å². The summed E-state index contributed by atoms with van der Waals surface area (Å²) in [6.45, 7) is 0. The van der Waals surface area contributed by atoms with Gasteiger partial charge in [0.15, 0.2) is 5.75 Å². The Labute approximate surface area is 152 Å². The van der Waals surface area contributed by atoms with Gasteiger partial charge in [-0.15, -0.1) is 0 Å². The van der Waals surface area contributed by atoms with Crippen molar-refractivity contribution in [3.63, 3.8) is 0 Å². The number of carbonyl (C=O) groups excluding carboxylic acids is 1. The van der Waals surface area contributed by atoms with Crippen molar-refractivity contribution in [2.45, 2.75) is 10.7 Å². The number of sulfone groups is 1. The average molecular weight is 398 g/mol. The van der Waals surface area contributed by atoms with E-state index in [1.54, 1.807) is 18.2 Å². The number of hydrogen-bond acceptors (Lipinski definition) is 5. The zero-order chi connectivity index (χ0) is 18.9. The summed E-state index contributed by atoms with van der Waals surface area (Å²) < 4.78 is 53.1. The molecule has 0 unspecified atom stereocenters. The highest BCUT2D eigenvalue weighted by molar-refractivity contribution is 7.91. The van der Waals surface area contributed by atoms with Crippen LogP contribution in [0.3, 0.4) is 0 Å². The minimum absolute atomic E-state index is 0.00255. The van der Waals surface area contributed by atoms with E-state index in [2.05, 4.69) is 4.98 Å². The second-order valence-corrected chi connectivity index (χ2v) is 7.49. The summed E-state index contributed by atoms with van der Waals surface area (Å²) in [5.41, 5.74) is 0.377. The van der Waals surface area contributed by atoms with Gasteiger partial charge in [0.25, 0.3) is 0 Å². The number of carbonyl (C=O) groups is 1. The Morgan fingerprint density at radius 1 is 1.08 bits per heavy atom. The van der Waals surface area contributed by atoms with E-state index in [-0.39, 0.29) is 11.3 Å². The van der Waals surface area contributed by atoms with E-state index in [0.29, 0.717) is 15.9 Å². The van der Waals surface area contributed by atoms with E-state index in [4.69, 9.17) is 16.3 Å². The molecule has 0 aliphatic heterocycles. The smallest absolute Gasteiger partial charge is 0.343 e. The van der Waals surface area contributed by atoms with Crippen molar-refractivity contribution in [2.75, 3.05) is 0 Å². The van der Waals surface area contributed by atoms with Crippen LogP contribution in [0.1, 0.15) is 10.4 Å². The van der Waals surface area contributed by atoms with Crippen molar-refractivity contribution >= 4 is 38.3 Å². The number of alkyl halides is 2. The molecule has 0 aliphatic rings. The van der Waals surface area contributed by atoms with Crippen LogP contribution < -0.4 is 4.74 Å². The third kappa shape index (κ3) is 3.38. The third-order valence-corrected chi connectivity index (χ3v) is 5.26. The summed E-state index contributed by atoms with van der Waals surface area (Å²) in [6.07, 6.45) is 1.51. The number of ether oxygens (including phenoxy) is 1. The standard InChI is InChI=1S/C17H10ClF2NO4S/c18-13-7-8-14(15-12(13)2-1-9-21-15)25-16(22)10-3-5-11(6-4-10)26(23,24)17(19)20/h1-9,17H. The minimum atomic E-state index is -4.72. The average Bonchev–Trinajstić information content (AvgIpc) is 2.64. The number of benzene rings is 2. The lowest BCUT2D eigenvalue weighted by atomic mass is 10.2. The SMILES string of the molecule is O=C(Oc1ccc(Cl)c2cccnc12)c1ccc(S(=O)(=O)C(F)F)cc1. The fourth-order valence-corrected chi connectivity index (χ4v) is 3.17. The van der Waals surface area contributed by atoms with Crippen molar-refractivity contribution in [3.05, 3.63) is 65.3 Å². The largest absolute Gasteiger partial charge is 0.421 e. The van der Waals surface area contributed by atoms with Crippen LogP contribution in [0.25, 0.3) is 10.9 Å². The highest BCUT2D eigenvalue weighted by Gasteiger charge is 2.26. The molecule has 0 N–H and O–H groups in total. The zero-order valence-corrected chi connectivity index (χ0v) is 14.5. The Hall–Kier alpha value is -2.58. The highest BCUT2D eigenvalue weighted by atomic mass is 35.5. The molecule has 134 valence electrons. The Balaban J connectivity index is 1.89. The van der Waals surface area contributed by atoms with Gasteiger partial charge < -0.3 is 4.74 Å². The molecule has 0 saturated carbocycles. The maximum Gasteiger partial charge on any atom is 0.343 e. The molecule has 0 spiro atoms. The predicted molar refractivity (Wildman–Crippen MR) is 91.3 cm³/mol. The molecule has 0 atom stereocenters. The molecule has 2 aromatic carbocycles. The summed E-state index contributed by atoms with van der Waals surface area (Å²) >= 11 is 6.07. The van der Waals surface area contributed by atoms with Crippen LogP contribution in [0, 0.1) is 0 Å². The topological polar surface area (TPSA) is 73.3 Å². The van der Waals surface area contributed by atoms with Crippen molar-refractivity contribution in [1.82, 2.24) is 4.98 Å². The number of pyridine rings is 1. The van der Waals surface area contributed by atoms with Crippen molar-refractivity contribution in [1.29, 1.82) is 0 Å². The highest BCUT2D eigenvalue weighted by Crippen LogP contribution is 2.30. The normalized spacial score (nSPS) is 11.7. The van der Waals surface area contributed by atoms with E-state index in [0.717, 1.165) is 24.3 Å². The third-order valence-electron chi connectivity index (χ3n) is 3.54. The number of rotatable bonds is 4. The van der Waals surface area contributed by atoms with Crippen molar-refractivity contribution < 1.29 is 26.7 Å². The molecule has 0 saturated heterocycles. The summed E-state index contributed by atoms with van der Waals surface area (Å²) in [5, 5.41) is 1.03. The molecular formula is C17H10ClF2NO4S. The number of halogens is 3. The first-order valence-corrected chi connectivity index (χ1v) is 9.10. The van der Waals surface area contributed by atoms with Crippen LogP contribution >= 0.6 is 11.6 Å². The van der Waals surface area contributed by atoms with Gasteiger partial charge in [0, 0.05) is 11.6 Å². The van der Waals surface area contributed by atoms with Crippen LogP contribution in [-0.4, -0.2) is 25.1 Å². The molecule has 1 heterocycles. The van der Waals surface area contributed by atoms with Crippen LogP contribution in [0.2, 0.25) is 5.02 Å². The van der Waals surface area contributed by atoms with Gasteiger partial charge in [0.05, 0.1) is 15.5 Å². The molecule has 5 nitrogen and oxygen atoms in total. The lowest BCUT2D eigenvalue weighted by Gasteiger charge is -2.09. The minimum Gasteiger partial charge on any atom is -0.421 e. The fraction of sp³-hybridized carbons (Fsp3) is 0.0588. The molecule has 3 rings (SSSR count). The van der Waals surface area contributed by atoms with Gasteiger partial charge in [0.2, 0.25) is 9.84 Å². The Morgan fingerprint density at radius 2 is 1.77 bits per heavy atom. The first-order chi connectivity index (χ1) is 12.3. The fourth-order valence-electron chi connectivity index (χ4n) is 2.24. The van der Waals surface area contributed by atoms with Crippen LogP contribution in [-0.2, 0) is 9.84 Å². The zero-order valence-electron chi connectivity index (χ0n) is 12.9. The maximum atomic E-state index is 12.5. The number of fused-ring (bicyclic) bond motifs is 1. The number of esters is 1. The first kappa shape index (κ1) is 18.2. The summed E-state index contributed by atoms with van der Waals surface area (Å²) in [6, 6.07) is 10.5. The van der Waals surface area contributed by atoms with E-state index >= 15 is 0 Å². The molecule has 3 aromatic rings. The van der Waals surface area contributed by atoms with E-state index in [1.165, 1.54) is 12.3 Å². The van der Waals surface area contributed by atoms with Gasteiger partial charge in [0.1, 0.15) is 5.52 Å². The number of aromatic nitrogens is 1. The van der Waals surface area contributed by atoms with E-state index in [1.807, 2.05) is 0 Å². The second-order valence-electron chi connectivity index (χ2n) is 5.16. The number of hydrogen-bond donors (Lipinski definition) is 0. The maximum absolute atomic E-state index is 12.5. The van der Waals surface area contributed by atoms with Crippen LogP contribution in [0.15, 0.2) is 59.6 Å². The van der Waals surface area contributed by atoms with Gasteiger partial charge in [-0.2, -0.15) is 8.78 Å². The molecule has 0 aliphatic carbocycles. The quantitative estimate of drug-likeness (QED) is 0.489. The Bertz CT molecular complexity index is 1090. The Morgan fingerprint density at radius 3 is 2.42 bits per heavy atom. The van der Waals surface area contributed by atoms with Gasteiger partial charge in [-0.1, -0.05) is 11.6 Å². The lowest BCUT2D eigenvalue weighted by Crippen LogP contribution is -2.13. The molecule has 0 radical (unpaired) electrons. The van der Waals surface area contributed by atoms with Crippen LogP contribution in [0.5, 0.6) is 5.75 Å². The van der Waals surface area contributed by atoms with Gasteiger partial charge in [-0.25, -0.2) is 13.2 Å². The summed E-state index contributed by atoms with van der Waals surface area (Å²) in [7, 11) is -4.72. The summed E-state index contributed by atoms with van der Waals surface area (Å²) in [4.78, 5) is 15.8. The molecule has 9 heteroatoms. The Kier molecular flexibility index (Phi) is 4.88. The molecule has 26 heavy (non-hydrogen) atoms. The first-order valence-electron chi connectivity index (χ1n) is 7.18.